The quantitative estimate of drug-likeness (QED) is 0.471. The van der Waals surface area contributed by atoms with Gasteiger partial charge in [-0.1, -0.05) is 13.8 Å². The van der Waals surface area contributed by atoms with E-state index in [1.807, 2.05) is 13.8 Å². The Balaban J connectivity index is 2.77. The van der Waals surface area contributed by atoms with Crippen molar-refractivity contribution in [3.63, 3.8) is 0 Å². The summed E-state index contributed by atoms with van der Waals surface area (Å²) in [7, 11) is 0. The lowest BCUT2D eigenvalue weighted by molar-refractivity contribution is -0.385. The summed E-state index contributed by atoms with van der Waals surface area (Å²) in [5.74, 6) is -0.365. The zero-order valence-corrected chi connectivity index (χ0v) is 12.2. The summed E-state index contributed by atoms with van der Waals surface area (Å²) < 4.78 is 5.16. The number of hydrogen-bond donors (Lipinski definition) is 1. The van der Waals surface area contributed by atoms with Crippen LogP contribution >= 0.6 is 0 Å². The normalized spacial score (nSPS) is 10.3. The molecule has 0 atom stereocenters. The fourth-order valence-electron chi connectivity index (χ4n) is 1.51. The molecule has 7 nitrogen and oxygen atoms in total. The third-order valence-corrected chi connectivity index (χ3v) is 2.63. The number of carbonyl (C=O) groups is 2. The standard InChI is InChI=1S/C14H18N2O5/c1-9(2)7-15-14(18)8-21-13-5-4-11(10(3)17)6-12(13)16(19)20/h4-6,9H,7-8H2,1-3H3,(H,15,18). The zero-order valence-electron chi connectivity index (χ0n) is 12.2. The van der Waals surface area contributed by atoms with Gasteiger partial charge in [0.1, 0.15) is 0 Å². The smallest absolute Gasteiger partial charge is 0.311 e. The monoisotopic (exact) mass is 294 g/mol. The van der Waals surface area contributed by atoms with Crippen molar-refractivity contribution in [3.8, 4) is 5.75 Å². The average Bonchev–Trinajstić information content (AvgIpc) is 2.42. The van der Waals surface area contributed by atoms with Gasteiger partial charge in [-0.15, -0.1) is 0 Å². The van der Waals surface area contributed by atoms with Crippen molar-refractivity contribution in [2.75, 3.05) is 13.2 Å². The number of ketones is 1. The summed E-state index contributed by atoms with van der Waals surface area (Å²) in [6.45, 7) is 5.42. The van der Waals surface area contributed by atoms with Crippen LogP contribution in [0.2, 0.25) is 0 Å². The lowest BCUT2D eigenvalue weighted by Gasteiger charge is -2.09. The first-order valence-corrected chi connectivity index (χ1v) is 6.50. The number of nitrogens with one attached hydrogen (secondary N) is 1. The highest BCUT2D eigenvalue weighted by atomic mass is 16.6. The lowest BCUT2D eigenvalue weighted by Crippen LogP contribution is -2.31. The van der Waals surface area contributed by atoms with E-state index in [0.717, 1.165) is 6.07 Å². The number of nitro benzene ring substituents is 1. The molecule has 0 aliphatic carbocycles. The zero-order chi connectivity index (χ0) is 16.0. The van der Waals surface area contributed by atoms with Gasteiger partial charge in [0, 0.05) is 18.2 Å². The molecule has 1 aromatic rings. The summed E-state index contributed by atoms with van der Waals surface area (Å²) >= 11 is 0. The molecule has 0 spiro atoms. The van der Waals surface area contributed by atoms with Gasteiger partial charge in [0.2, 0.25) is 0 Å². The van der Waals surface area contributed by atoms with Crippen molar-refractivity contribution in [1.29, 1.82) is 0 Å². The number of hydrogen-bond acceptors (Lipinski definition) is 5. The molecule has 21 heavy (non-hydrogen) atoms. The molecule has 0 saturated carbocycles. The summed E-state index contributed by atoms with van der Waals surface area (Å²) in [4.78, 5) is 33.1. The summed E-state index contributed by atoms with van der Waals surface area (Å²) in [5.41, 5.74) is -0.113. The van der Waals surface area contributed by atoms with Crippen LogP contribution in [0.4, 0.5) is 5.69 Å². The van der Waals surface area contributed by atoms with E-state index in [0.29, 0.717) is 12.5 Å². The Kier molecular flexibility index (Phi) is 5.83. The van der Waals surface area contributed by atoms with Crippen molar-refractivity contribution < 1.29 is 19.2 Å². The summed E-state index contributed by atoms with van der Waals surface area (Å²) in [5, 5.41) is 13.6. The maximum atomic E-state index is 11.5. The predicted octanol–water partition coefficient (Wildman–Crippen LogP) is 1.95. The van der Waals surface area contributed by atoms with Crippen molar-refractivity contribution in [3.05, 3.63) is 33.9 Å². The highest BCUT2D eigenvalue weighted by Crippen LogP contribution is 2.28. The van der Waals surface area contributed by atoms with Gasteiger partial charge < -0.3 is 10.1 Å². The first kappa shape index (κ1) is 16.6. The molecular formula is C14H18N2O5. The molecule has 1 N–H and O–H groups in total. The number of benzene rings is 1. The van der Waals surface area contributed by atoms with Crippen molar-refractivity contribution >= 4 is 17.4 Å². The Hall–Kier alpha value is -2.44. The molecule has 0 aliphatic rings. The third-order valence-electron chi connectivity index (χ3n) is 2.63. The minimum atomic E-state index is -0.645. The van der Waals surface area contributed by atoms with Gasteiger partial charge in [-0.25, -0.2) is 0 Å². The minimum Gasteiger partial charge on any atom is -0.477 e. The number of Topliss-reactive ketones (excluding diaryl/α,β-unsaturated/α-hetero) is 1. The Morgan fingerprint density at radius 3 is 2.57 bits per heavy atom. The van der Waals surface area contributed by atoms with Crippen LogP contribution in [-0.4, -0.2) is 29.8 Å². The lowest BCUT2D eigenvalue weighted by atomic mass is 10.1. The topological polar surface area (TPSA) is 98.5 Å². The first-order valence-electron chi connectivity index (χ1n) is 6.50. The van der Waals surface area contributed by atoms with E-state index >= 15 is 0 Å². The Labute approximate surface area is 122 Å². The number of rotatable bonds is 7. The summed E-state index contributed by atoms with van der Waals surface area (Å²) in [6, 6.07) is 3.89. The molecule has 0 unspecified atom stereocenters. The van der Waals surface area contributed by atoms with Gasteiger partial charge in [-0.2, -0.15) is 0 Å². The van der Waals surface area contributed by atoms with E-state index in [2.05, 4.69) is 5.32 Å². The van der Waals surface area contributed by atoms with Crippen LogP contribution in [0.5, 0.6) is 5.75 Å². The largest absolute Gasteiger partial charge is 0.477 e. The maximum Gasteiger partial charge on any atom is 0.311 e. The molecule has 0 heterocycles. The number of amides is 1. The molecule has 0 aromatic heterocycles. The SMILES string of the molecule is CC(=O)c1ccc(OCC(=O)NCC(C)C)c([N+](=O)[O-])c1. The molecular weight excluding hydrogens is 276 g/mol. The van der Waals surface area contributed by atoms with Gasteiger partial charge in [0.05, 0.1) is 4.92 Å². The van der Waals surface area contributed by atoms with Crippen molar-refractivity contribution in [1.82, 2.24) is 5.32 Å². The molecule has 0 radical (unpaired) electrons. The van der Waals surface area contributed by atoms with Gasteiger partial charge in [-0.05, 0) is 25.0 Å². The van der Waals surface area contributed by atoms with Crippen LogP contribution in [0, 0.1) is 16.0 Å². The molecule has 0 saturated heterocycles. The molecule has 1 rings (SSSR count). The first-order chi connectivity index (χ1) is 9.81. The van der Waals surface area contributed by atoms with Crippen LogP contribution in [-0.2, 0) is 4.79 Å². The third kappa shape index (κ3) is 5.21. The van der Waals surface area contributed by atoms with E-state index in [-0.39, 0.29) is 35.3 Å². The predicted molar refractivity (Wildman–Crippen MR) is 76.4 cm³/mol. The molecule has 0 fully saturated rings. The van der Waals surface area contributed by atoms with E-state index in [1.54, 1.807) is 0 Å². The Morgan fingerprint density at radius 2 is 2.05 bits per heavy atom. The number of ether oxygens (including phenoxy) is 1. The van der Waals surface area contributed by atoms with Crippen LogP contribution in [0.25, 0.3) is 0 Å². The van der Waals surface area contributed by atoms with Gasteiger partial charge in [0.15, 0.2) is 18.1 Å². The van der Waals surface area contributed by atoms with E-state index in [4.69, 9.17) is 4.74 Å². The molecule has 7 heteroatoms. The molecule has 1 aromatic carbocycles. The van der Waals surface area contributed by atoms with E-state index in [9.17, 15) is 19.7 Å². The van der Waals surface area contributed by atoms with Crippen LogP contribution < -0.4 is 10.1 Å². The summed E-state index contributed by atoms with van der Waals surface area (Å²) in [6.07, 6.45) is 0. The highest BCUT2D eigenvalue weighted by Gasteiger charge is 2.18. The number of carbonyl (C=O) groups excluding carboxylic acids is 2. The van der Waals surface area contributed by atoms with Gasteiger partial charge >= 0.3 is 5.69 Å². The maximum absolute atomic E-state index is 11.5. The highest BCUT2D eigenvalue weighted by molar-refractivity contribution is 5.95. The van der Waals surface area contributed by atoms with Crippen LogP contribution in [0.1, 0.15) is 31.1 Å². The minimum absolute atomic E-state index is 0.0373. The number of nitro groups is 1. The molecule has 114 valence electrons. The Morgan fingerprint density at radius 1 is 1.38 bits per heavy atom. The second-order valence-corrected chi connectivity index (χ2v) is 4.98. The Bertz CT molecular complexity index is 554. The second kappa shape index (κ2) is 7.37. The number of nitrogens with zero attached hydrogens (tertiary/aromatic N) is 1. The van der Waals surface area contributed by atoms with Crippen LogP contribution in [0.3, 0.4) is 0 Å². The van der Waals surface area contributed by atoms with Crippen molar-refractivity contribution in [2.45, 2.75) is 20.8 Å². The van der Waals surface area contributed by atoms with Gasteiger partial charge in [0.25, 0.3) is 5.91 Å². The van der Waals surface area contributed by atoms with E-state index in [1.165, 1.54) is 19.1 Å². The van der Waals surface area contributed by atoms with Crippen LogP contribution in [0.15, 0.2) is 18.2 Å². The fourth-order valence-corrected chi connectivity index (χ4v) is 1.51. The second-order valence-electron chi connectivity index (χ2n) is 4.98. The van der Waals surface area contributed by atoms with Gasteiger partial charge in [-0.3, -0.25) is 19.7 Å². The average molecular weight is 294 g/mol. The van der Waals surface area contributed by atoms with E-state index < -0.39 is 4.92 Å². The fraction of sp³-hybridized carbons (Fsp3) is 0.429. The van der Waals surface area contributed by atoms with Crippen molar-refractivity contribution in [2.24, 2.45) is 5.92 Å². The molecule has 0 aliphatic heterocycles. The molecule has 0 bridgehead atoms. The molecule has 1 amide bonds.